The van der Waals surface area contributed by atoms with Gasteiger partial charge in [-0.2, -0.15) is 0 Å². The van der Waals surface area contributed by atoms with Crippen LogP contribution < -0.4 is 10.1 Å². The summed E-state index contributed by atoms with van der Waals surface area (Å²) in [6.07, 6.45) is 3.70. The van der Waals surface area contributed by atoms with Gasteiger partial charge in [-0.05, 0) is 48.6 Å². The van der Waals surface area contributed by atoms with Gasteiger partial charge in [-0.3, -0.25) is 4.79 Å². The monoisotopic (exact) mass is 359 g/mol. The van der Waals surface area contributed by atoms with Crippen molar-refractivity contribution in [3.8, 4) is 5.75 Å². The highest BCUT2D eigenvalue weighted by Gasteiger charge is 2.05. The molecule has 1 heterocycles. The third-order valence-electron chi connectivity index (χ3n) is 3.22. The Hall–Kier alpha value is -2.60. The van der Waals surface area contributed by atoms with Crippen LogP contribution in [0.5, 0.6) is 5.75 Å². The SMILES string of the molecule is CCOc1ccc(/C=C/C(=O)OCC(=O)NCCc2cccs2)cc1. The standard InChI is InChI=1S/C19H21NO4S/c1-2-23-16-8-5-15(6-9-16)7-10-19(22)24-14-18(21)20-12-11-17-4-3-13-25-17/h3-10,13H,2,11-12,14H2,1H3,(H,20,21)/b10-7+. The number of benzene rings is 1. The largest absolute Gasteiger partial charge is 0.494 e. The number of carbonyl (C=O) groups is 2. The van der Waals surface area contributed by atoms with Crippen LogP contribution in [-0.4, -0.2) is 31.6 Å². The molecule has 2 rings (SSSR count). The van der Waals surface area contributed by atoms with Crippen molar-refractivity contribution in [2.24, 2.45) is 0 Å². The predicted molar refractivity (Wildman–Crippen MR) is 98.6 cm³/mol. The second-order valence-electron chi connectivity index (χ2n) is 5.12. The summed E-state index contributed by atoms with van der Waals surface area (Å²) in [5.74, 6) is -0.0805. The van der Waals surface area contributed by atoms with Gasteiger partial charge < -0.3 is 14.8 Å². The van der Waals surface area contributed by atoms with Crippen LogP contribution in [0.2, 0.25) is 0 Å². The van der Waals surface area contributed by atoms with Crippen molar-refractivity contribution in [3.05, 3.63) is 58.3 Å². The first kappa shape index (κ1) is 18.7. The number of thiophene rings is 1. The molecule has 0 aliphatic rings. The fourth-order valence-electron chi connectivity index (χ4n) is 2.02. The molecule has 1 amide bonds. The van der Waals surface area contributed by atoms with E-state index in [1.165, 1.54) is 11.0 Å². The first-order chi connectivity index (χ1) is 12.2. The van der Waals surface area contributed by atoms with Crippen LogP contribution in [0.15, 0.2) is 47.9 Å². The summed E-state index contributed by atoms with van der Waals surface area (Å²) in [4.78, 5) is 24.5. The maximum Gasteiger partial charge on any atom is 0.331 e. The lowest BCUT2D eigenvalue weighted by molar-refractivity contribution is -0.143. The minimum absolute atomic E-state index is 0.281. The highest BCUT2D eigenvalue weighted by molar-refractivity contribution is 7.09. The Labute approximate surface area is 151 Å². The van der Waals surface area contributed by atoms with Gasteiger partial charge in [0.2, 0.25) is 0 Å². The number of carbonyl (C=O) groups excluding carboxylic acids is 2. The number of ether oxygens (including phenoxy) is 2. The van der Waals surface area contributed by atoms with Gasteiger partial charge in [0.1, 0.15) is 5.75 Å². The van der Waals surface area contributed by atoms with Crippen LogP contribution in [0, 0.1) is 0 Å². The molecule has 25 heavy (non-hydrogen) atoms. The average molecular weight is 359 g/mol. The molecule has 0 spiro atoms. The number of rotatable bonds is 9. The zero-order valence-corrected chi connectivity index (χ0v) is 14.9. The Bertz CT molecular complexity index is 693. The molecule has 0 atom stereocenters. The molecule has 5 nitrogen and oxygen atoms in total. The second kappa shape index (κ2) is 10.3. The lowest BCUT2D eigenvalue weighted by Crippen LogP contribution is -2.30. The summed E-state index contributed by atoms with van der Waals surface area (Å²) >= 11 is 1.65. The van der Waals surface area contributed by atoms with E-state index in [4.69, 9.17) is 9.47 Å². The molecular formula is C19H21NO4S. The first-order valence-corrected chi connectivity index (χ1v) is 8.92. The van der Waals surface area contributed by atoms with Crippen molar-refractivity contribution in [2.45, 2.75) is 13.3 Å². The molecule has 132 valence electrons. The zero-order valence-electron chi connectivity index (χ0n) is 14.1. The van der Waals surface area contributed by atoms with Crippen LogP contribution in [0.3, 0.4) is 0 Å². The van der Waals surface area contributed by atoms with Gasteiger partial charge in [0, 0.05) is 17.5 Å². The quantitative estimate of drug-likeness (QED) is 0.552. The molecule has 0 aliphatic heterocycles. The van der Waals surface area contributed by atoms with Crippen molar-refractivity contribution in [1.82, 2.24) is 5.32 Å². The molecular weight excluding hydrogens is 338 g/mol. The molecule has 0 saturated heterocycles. The van der Waals surface area contributed by atoms with Gasteiger partial charge in [0.25, 0.3) is 5.91 Å². The predicted octanol–water partition coefficient (Wildman–Crippen LogP) is 3.06. The molecule has 1 N–H and O–H groups in total. The fourth-order valence-corrected chi connectivity index (χ4v) is 2.73. The molecule has 2 aromatic rings. The number of esters is 1. The Morgan fingerprint density at radius 3 is 2.68 bits per heavy atom. The van der Waals surface area contributed by atoms with Crippen LogP contribution >= 0.6 is 11.3 Å². The van der Waals surface area contributed by atoms with Crippen molar-refractivity contribution in [2.75, 3.05) is 19.8 Å². The minimum atomic E-state index is -0.553. The Morgan fingerprint density at radius 2 is 2.00 bits per heavy atom. The maximum atomic E-state index is 11.6. The Balaban J connectivity index is 1.66. The molecule has 1 aromatic carbocycles. The average Bonchev–Trinajstić information content (AvgIpc) is 3.13. The van der Waals surface area contributed by atoms with Crippen molar-refractivity contribution in [1.29, 1.82) is 0 Å². The van der Waals surface area contributed by atoms with Crippen LogP contribution in [0.25, 0.3) is 6.08 Å². The van der Waals surface area contributed by atoms with Gasteiger partial charge in [-0.15, -0.1) is 11.3 Å². The molecule has 0 bridgehead atoms. The fraction of sp³-hybridized carbons (Fsp3) is 0.263. The van der Waals surface area contributed by atoms with Gasteiger partial charge in [-0.1, -0.05) is 18.2 Å². The van der Waals surface area contributed by atoms with E-state index in [0.29, 0.717) is 13.2 Å². The van der Waals surface area contributed by atoms with Crippen molar-refractivity contribution in [3.63, 3.8) is 0 Å². The van der Waals surface area contributed by atoms with Gasteiger partial charge in [-0.25, -0.2) is 4.79 Å². The summed E-state index contributed by atoms with van der Waals surface area (Å²) in [6.45, 7) is 2.77. The minimum Gasteiger partial charge on any atom is -0.494 e. The highest BCUT2D eigenvalue weighted by Crippen LogP contribution is 2.13. The van der Waals surface area contributed by atoms with Gasteiger partial charge in [0.15, 0.2) is 6.61 Å². The van der Waals surface area contributed by atoms with E-state index >= 15 is 0 Å². The van der Waals surface area contributed by atoms with E-state index in [0.717, 1.165) is 17.7 Å². The zero-order chi connectivity index (χ0) is 17.9. The van der Waals surface area contributed by atoms with E-state index in [2.05, 4.69) is 5.32 Å². The number of hydrogen-bond donors (Lipinski definition) is 1. The van der Waals surface area contributed by atoms with E-state index in [9.17, 15) is 9.59 Å². The summed E-state index contributed by atoms with van der Waals surface area (Å²) in [6, 6.07) is 11.3. The summed E-state index contributed by atoms with van der Waals surface area (Å²) in [5, 5.41) is 4.72. The van der Waals surface area contributed by atoms with Gasteiger partial charge in [0.05, 0.1) is 6.61 Å². The molecule has 6 heteroatoms. The number of nitrogens with one attached hydrogen (secondary N) is 1. The van der Waals surface area contributed by atoms with E-state index in [1.807, 2.05) is 48.7 Å². The summed E-state index contributed by atoms with van der Waals surface area (Å²) < 4.78 is 10.3. The van der Waals surface area contributed by atoms with Crippen LogP contribution in [-0.2, 0) is 20.7 Å². The molecule has 0 fully saturated rings. The Morgan fingerprint density at radius 1 is 1.20 bits per heavy atom. The second-order valence-corrected chi connectivity index (χ2v) is 6.15. The highest BCUT2D eigenvalue weighted by atomic mass is 32.1. The van der Waals surface area contributed by atoms with E-state index < -0.39 is 5.97 Å². The van der Waals surface area contributed by atoms with Crippen molar-refractivity contribution < 1.29 is 19.1 Å². The number of amides is 1. The molecule has 0 radical (unpaired) electrons. The van der Waals surface area contributed by atoms with E-state index in [1.54, 1.807) is 17.4 Å². The smallest absolute Gasteiger partial charge is 0.331 e. The number of hydrogen-bond acceptors (Lipinski definition) is 5. The maximum absolute atomic E-state index is 11.6. The molecule has 0 unspecified atom stereocenters. The lowest BCUT2D eigenvalue weighted by Gasteiger charge is -2.04. The third-order valence-corrected chi connectivity index (χ3v) is 4.16. The normalized spacial score (nSPS) is 10.6. The van der Waals surface area contributed by atoms with Crippen LogP contribution in [0.4, 0.5) is 0 Å². The summed E-state index contributed by atoms with van der Waals surface area (Å²) in [5.41, 5.74) is 0.848. The van der Waals surface area contributed by atoms with E-state index in [-0.39, 0.29) is 12.5 Å². The molecule has 0 aliphatic carbocycles. The topological polar surface area (TPSA) is 64.6 Å². The third kappa shape index (κ3) is 7.22. The van der Waals surface area contributed by atoms with Crippen molar-refractivity contribution >= 4 is 29.3 Å². The molecule has 0 saturated carbocycles. The molecule has 1 aromatic heterocycles. The summed E-state index contributed by atoms with van der Waals surface area (Å²) in [7, 11) is 0. The van der Waals surface area contributed by atoms with Crippen LogP contribution in [0.1, 0.15) is 17.4 Å². The van der Waals surface area contributed by atoms with Gasteiger partial charge >= 0.3 is 5.97 Å². The Kier molecular flexibility index (Phi) is 7.72. The first-order valence-electron chi connectivity index (χ1n) is 8.04. The lowest BCUT2D eigenvalue weighted by atomic mass is 10.2.